The number of aliphatic hydroxyl groups is 1. The minimum atomic E-state index is 0.300. The van der Waals surface area contributed by atoms with Crippen LogP contribution in [0, 0.1) is 0 Å². The molecular weight excluding hydrogens is 364 g/mol. The standard InChI is InChI=1S/C16H24O2.C9H18O2/c1-2-8-15(9-3-1)14-17-12-6-7-13-18-16-10-4-5-11-16;10-7-3-4-8-11-9-5-1-2-6-9/h1-3,8-9,16H,4-7,10-14H2;9-10H,1-8H2. The van der Waals surface area contributed by atoms with Crippen LogP contribution in [0.25, 0.3) is 0 Å². The van der Waals surface area contributed by atoms with Crippen molar-refractivity contribution in [2.45, 2.75) is 95.9 Å². The summed E-state index contributed by atoms with van der Waals surface area (Å²) in [6.07, 6.45) is 15.6. The molecule has 0 radical (unpaired) electrons. The second-order valence-corrected chi connectivity index (χ2v) is 8.23. The Kier molecular flexibility index (Phi) is 14.1. The molecule has 4 heteroatoms. The van der Waals surface area contributed by atoms with Crippen molar-refractivity contribution in [2.24, 2.45) is 0 Å². The summed E-state index contributed by atoms with van der Waals surface area (Å²) >= 11 is 0. The number of aliphatic hydroxyl groups excluding tert-OH is 1. The number of unbranched alkanes of at least 4 members (excludes halogenated alkanes) is 2. The van der Waals surface area contributed by atoms with Crippen LogP contribution in [0.4, 0.5) is 0 Å². The van der Waals surface area contributed by atoms with Crippen LogP contribution in [0.15, 0.2) is 30.3 Å². The molecule has 0 unspecified atom stereocenters. The quantitative estimate of drug-likeness (QED) is 0.429. The average molecular weight is 407 g/mol. The summed E-state index contributed by atoms with van der Waals surface area (Å²) in [5.74, 6) is 0. The highest BCUT2D eigenvalue weighted by molar-refractivity contribution is 5.13. The van der Waals surface area contributed by atoms with Gasteiger partial charge in [-0.3, -0.25) is 0 Å². The molecule has 0 amide bonds. The SMILES string of the molecule is OCCCCOC1CCCC1.c1ccc(COCCCCOC2CCCC2)cc1. The van der Waals surface area contributed by atoms with E-state index in [1.165, 1.54) is 56.9 Å². The summed E-state index contributed by atoms with van der Waals surface area (Å²) in [5.41, 5.74) is 1.25. The Labute approximate surface area is 177 Å². The largest absolute Gasteiger partial charge is 0.396 e. The van der Waals surface area contributed by atoms with E-state index in [0.717, 1.165) is 52.1 Å². The van der Waals surface area contributed by atoms with Crippen LogP contribution in [0.3, 0.4) is 0 Å². The van der Waals surface area contributed by atoms with E-state index in [2.05, 4.69) is 12.1 Å². The number of ether oxygens (including phenoxy) is 3. The number of benzene rings is 1. The Bertz CT molecular complexity index is 467. The van der Waals surface area contributed by atoms with Crippen LogP contribution in [0.5, 0.6) is 0 Å². The third-order valence-electron chi connectivity index (χ3n) is 5.66. The first-order valence-corrected chi connectivity index (χ1v) is 11.8. The van der Waals surface area contributed by atoms with E-state index in [9.17, 15) is 0 Å². The Morgan fingerprint density at radius 3 is 1.76 bits per heavy atom. The van der Waals surface area contributed by atoms with Crippen LogP contribution >= 0.6 is 0 Å². The molecule has 2 aliphatic rings. The van der Waals surface area contributed by atoms with Crippen molar-refractivity contribution in [3.8, 4) is 0 Å². The lowest BCUT2D eigenvalue weighted by molar-refractivity contribution is 0.0480. The summed E-state index contributed by atoms with van der Waals surface area (Å²) < 4.78 is 17.0. The maximum absolute atomic E-state index is 8.50. The smallest absolute Gasteiger partial charge is 0.0716 e. The lowest BCUT2D eigenvalue weighted by Crippen LogP contribution is -2.09. The molecule has 3 rings (SSSR count). The van der Waals surface area contributed by atoms with E-state index in [1.54, 1.807) is 0 Å². The van der Waals surface area contributed by atoms with Gasteiger partial charge in [0.05, 0.1) is 18.8 Å². The van der Waals surface area contributed by atoms with Crippen LogP contribution < -0.4 is 0 Å². The maximum atomic E-state index is 8.50. The fraction of sp³-hybridized carbons (Fsp3) is 0.760. The van der Waals surface area contributed by atoms with Gasteiger partial charge in [-0.2, -0.15) is 0 Å². The van der Waals surface area contributed by atoms with Crippen LogP contribution in [0.2, 0.25) is 0 Å². The van der Waals surface area contributed by atoms with Gasteiger partial charge < -0.3 is 19.3 Å². The highest BCUT2D eigenvalue weighted by Crippen LogP contribution is 2.21. The second kappa shape index (κ2) is 16.8. The van der Waals surface area contributed by atoms with Gasteiger partial charge in [0.1, 0.15) is 0 Å². The van der Waals surface area contributed by atoms with Crippen molar-refractivity contribution in [3.63, 3.8) is 0 Å². The molecule has 0 aromatic heterocycles. The van der Waals surface area contributed by atoms with Gasteiger partial charge in [0.2, 0.25) is 0 Å². The Balaban J connectivity index is 0.000000234. The fourth-order valence-corrected chi connectivity index (χ4v) is 3.89. The number of hydrogen-bond donors (Lipinski definition) is 1. The maximum Gasteiger partial charge on any atom is 0.0716 e. The average Bonchev–Trinajstić information content (AvgIpc) is 3.46. The molecule has 1 aromatic carbocycles. The lowest BCUT2D eigenvalue weighted by Gasteiger charge is -2.10. The fourth-order valence-electron chi connectivity index (χ4n) is 3.89. The molecule has 0 heterocycles. The van der Waals surface area contributed by atoms with E-state index >= 15 is 0 Å². The first-order chi connectivity index (χ1) is 14.4. The van der Waals surface area contributed by atoms with Gasteiger partial charge in [-0.25, -0.2) is 0 Å². The van der Waals surface area contributed by atoms with Crippen LogP contribution in [-0.2, 0) is 20.8 Å². The first kappa shape index (κ1) is 24.3. The summed E-state index contributed by atoms with van der Waals surface area (Å²) in [6, 6.07) is 10.3. The molecule has 1 aromatic rings. The third kappa shape index (κ3) is 12.4. The minimum Gasteiger partial charge on any atom is -0.396 e. The van der Waals surface area contributed by atoms with Crippen molar-refractivity contribution in [2.75, 3.05) is 26.4 Å². The number of hydrogen-bond acceptors (Lipinski definition) is 4. The Hall–Kier alpha value is -0.940. The molecule has 1 N–H and O–H groups in total. The van der Waals surface area contributed by atoms with Crippen molar-refractivity contribution in [1.29, 1.82) is 0 Å². The predicted molar refractivity (Wildman–Crippen MR) is 118 cm³/mol. The zero-order valence-electron chi connectivity index (χ0n) is 18.2. The van der Waals surface area contributed by atoms with E-state index in [1.807, 2.05) is 18.2 Å². The van der Waals surface area contributed by atoms with E-state index in [4.69, 9.17) is 19.3 Å². The van der Waals surface area contributed by atoms with Gasteiger partial charge in [-0.1, -0.05) is 56.0 Å². The van der Waals surface area contributed by atoms with Crippen LogP contribution in [0.1, 0.15) is 82.6 Å². The monoisotopic (exact) mass is 406 g/mol. The molecule has 2 aliphatic carbocycles. The molecule has 166 valence electrons. The molecule has 0 saturated heterocycles. The zero-order valence-corrected chi connectivity index (χ0v) is 18.2. The highest BCUT2D eigenvalue weighted by atomic mass is 16.5. The van der Waals surface area contributed by atoms with Crippen molar-refractivity contribution >= 4 is 0 Å². The summed E-state index contributed by atoms with van der Waals surface area (Å²) in [5, 5.41) is 8.50. The van der Waals surface area contributed by atoms with Gasteiger partial charge in [0.25, 0.3) is 0 Å². The Morgan fingerprint density at radius 1 is 0.690 bits per heavy atom. The van der Waals surface area contributed by atoms with Gasteiger partial charge in [-0.15, -0.1) is 0 Å². The van der Waals surface area contributed by atoms with Crippen molar-refractivity contribution in [1.82, 2.24) is 0 Å². The van der Waals surface area contributed by atoms with E-state index < -0.39 is 0 Å². The number of rotatable bonds is 13. The highest BCUT2D eigenvalue weighted by Gasteiger charge is 2.15. The summed E-state index contributed by atoms with van der Waals surface area (Å²) in [6.45, 7) is 3.60. The summed E-state index contributed by atoms with van der Waals surface area (Å²) in [4.78, 5) is 0. The lowest BCUT2D eigenvalue weighted by atomic mass is 10.2. The van der Waals surface area contributed by atoms with Crippen molar-refractivity contribution < 1.29 is 19.3 Å². The Morgan fingerprint density at radius 2 is 1.21 bits per heavy atom. The molecular formula is C25H42O4. The molecule has 0 atom stereocenters. The van der Waals surface area contributed by atoms with Crippen LogP contribution in [-0.4, -0.2) is 43.7 Å². The normalized spacial score (nSPS) is 17.4. The molecule has 2 saturated carbocycles. The molecule has 0 aliphatic heterocycles. The first-order valence-electron chi connectivity index (χ1n) is 11.8. The molecule has 2 fully saturated rings. The second-order valence-electron chi connectivity index (χ2n) is 8.23. The minimum absolute atomic E-state index is 0.300. The molecule has 0 spiro atoms. The molecule has 29 heavy (non-hydrogen) atoms. The summed E-state index contributed by atoms with van der Waals surface area (Å²) in [7, 11) is 0. The van der Waals surface area contributed by atoms with Gasteiger partial charge in [0.15, 0.2) is 0 Å². The van der Waals surface area contributed by atoms with Gasteiger partial charge in [-0.05, 0) is 56.9 Å². The topological polar surface area (TPSA) is 47.9 Å². The molecule has 4 nitrogen and oxygen atoms in total. The van der Waals surface area contributed by atoms with E-state index in [-0.39, 0.29) is 0 Å². The van der Waals surface area contributed by atoms with Gasteiger partial charge in [0, 0.05) is 26.4 Å². The third-order valence-corrected chi connectivity index (χ3v) is 5.66. The van der Waals surface area contributed by atoms with Gasteiger partial charge >= 0.3 is 0 Å². The molecule has 0 bridgehead atoms. The van der Waals surface area contributed by atoms with Crippen molar-refractivity contribution in [3.05, 3.63) is 35.9 Å². The predicted octanol–water partition coefficient (Wildman–Crippen LogP) is 5.66. The van der Waals surface area contributed by atoms with E-state index in [0.29, 0.717) is 18.8 Å². The zero-order chi connectivity index (χ0) is 20.4.